The molecule has 5 heteroatoms. The van der Waals surface area contributed by atoms with Gasteiger partial charge in [-0.25, -0.2) is 9.59 Å². The third-order valence-corrected chi connectivity index (χ3v) is 3.22. The molecule has 20 heavy (non-hydrogen) atoms. The van der Waals surface area contributed by atoms with Crippen LogP contribution in [0.25, 0.3) is 0 Å². The quantitative estimate of drug-likeness (QED) is 0.830. The number of allylic oxidation sites excluding steroid dienone is 1. The monoisotopic (exact) mass is 274 g/mol. The van der Waals surface area contributed by atoms with Gasteiger partial charge in [0.15, 0.2) is 0 Å². The molecule has 1 unspecified atom stereocenters. The summed E-state index contributed by atoms with van der Waals surface area (Å²) in [5.41, 5.74) is 1.91. The van der Waals surface area contributed by atoms with Crippen LogP contribution in [0.4, 0.5) is 4.79 Å². The van der Waals surface area contributed by atoms with Gasteiger partial charge in [-0.3, -0.25) is 0 Å². The number of methoxy groups -OCH3 is 1. The fourth-order valence-electron chi connectivity index (χ4n) is 2.27. The highest BCUT2D eigenvalue weighted by atomic mass is 16.5. The molecule has 1 atom stereocenters. The summed E-state index contributed by atoms with van der Waals surface area (Å²) >= 11 is 0. The SMILES string of the molecule is COC(=O)C1=C(C(C)C)NC(=O)NC1c1ccccc1. The number of nitrogens with one attached hydrogen (secondary N) is 2. The third-order valence-electron chi connectivity index (χ3n) is 3.22. The molecule has 2 N–H and O–H groups in total. The predicted molar refractivity (Wildman–Crippen MR) is 74.7 cm³/mol. The van der Waals surface area contributed by atoms with Gasteiger partial charge in [0, 0.05) is 5.70 Å². The van der Waals surface area contributed by atoms with Crippen LogP contribution >= 0.6 is 0 Å². The summed E-state index contributed by atoms with van der Waals surface area (Å²) in [4.78, 5) is 23.9. The van der Waals surface area contributed by atoms with Crippen LogP contribution in [0.2, 0.25) is 0 Å². The number of rotatable bonds is 3. The van der Waals surface area contributed by atoms with Crippen molar-refractivity contribution in [3.8, 4) is 0 Å². The molecule has 0 saturated heterocycles. The highest BCUT2D eigenvalue weighted by molar-refractivity contribution is 5.95. The zero-order valence-electron chi connectivity index (χ0n) is 11.8. The van der Waals surface area contributed by atoms with Crippen LogP contribution in [0.5, 0.6) is 0 Å². The first-order valence-electron chi connectivity index (χ1n) is 6.49. The van der Waals surface area contributed by atoms with Gasteiger partial charge in [0.05, 0.1) is 18.7 Å². The van der Waals surface area contributed by atoms with Crippen molar-refractivity contribution < 1.29 is 14.3 Å². The highest BCUT2D eigenvalue weighted by Gasteiger charge is 2.34. The van der Waals surface area contributed by atoms with Gasteiger partial charge in [-0.15, -0.1) is 0 Å². The van der Waals surface area contributed by atoms with E-state index in [1.807, 2.05) is 44.2 Å². The molecule has 106 valence electrons. The lowest BCUT2D eigenvalue weighted by Gasteiger charge is -2.30. The van der Waals surface area contributed by atoms with E-state index in [0.29, 0.717) is 11.3 Å². The lowest BCUT2D eigenvalue weighted by atomic mass is 9.91. The molecular formula is C15H18N2O3. The molecule has 0 saturated carbocycles. The van der Waals surface area contributed by atoms with Crippen LogP contribution in [0.1, 0.15) is 25.5 Å². The smallest absolute Gasteiger partial charge is 0.337 e. The van der Waals surface area contributed by atoms with Crippen LogP contribution in [-0.2, 0) is 9.53 Å². The normalized spacial score (nSPS) is 18.6. The number of hydrogen-bond acceptors (Lipinski definition) is 3. The maximum atomic E-state index is 12.1. The number of carbonyl (C=O) groups is 2. The van der Waals surface area contributed by atoms with E-state index in [0.717, 1.165) is 5.56 Å². The maximum Gasteiger partial charge on any atom is 0.337 e. The summed E-state index contributed by atoms with van der Waals surface area (Å²) in [6.45, 7) is 3.85. The summed E-state index contributed by atoms with van der Waals surface area (Å²) in [6, 6.07) is 8.57. The van der Waals surface area contributed by atoms with E-state index in [1.165, 1.54) is 7.11 Å². The molecule has 1 aliphatic heterocycles. The number of hydrogen-bond donors (Lipinski definition) is 2. The summed E-state index contributed by atoms with van der Waals surface area (Å²) in [5.74, 6) is -0.420. The third kappa shape index (κ3) is 2.66. The van der Waals surface area contributed by atoms with E-state index in [-0.39, 0.29) is 11.9 Å². The molecule has 1 aromatic carbocycles. The van der Waals surface area contributed by atoms with Gasteiger partial charge in [-0.2, -0.15) is 0 Å². The molecule has 5 nitrogen and oxygen atoms in total. The van der Waals surface area contributed by atoms with E-state index < -0.39 is 12.0 Å². The number of ether oxygens (including phenoxy) is 1. The van der Waals surface area contributed by atoms with Crippen LogP contribution in [0, 0.1) is 5.92 Å². The van der Waals surface area contributed by atoms with Gasteiger partial charge in [-0.05, 0) is 11.5 Å². The Morgan fingerprint density at radius 3 is 2.45 bits per heavy atom. The number of esters is 1. The molecule has 1 aromatic rings. The molecule has 0 fully saturated rings. The van der Waals surface area contributed by atoms with Crippen LogP contribution in [-0.4, -0.2) is 19.1 Å². The molecule has 0 aliphatic carbocycles. The zero-order chi connectivity index (χ0) is 14.7. The van der Waals surface area contributed by atoms with Crippen molar-refractivity contribution in [2.24, 2.45) is 5.92 Å². The Balaban J connectivity index is 2.55. The van der Waals surface area contributed by atoms with Gasteiger partial charge in [0.1, 0.15) is 0 Å². The lowest BCUT2D eigenvalue weighted by molar-refractivity contribution is -0.136. The first-order chi connectivity index (χ1) is 9.54. The van der Waals surface area contributed by atoms with E-state index in [2.05, 4.69) is 10.6 Å². The minimum absolute atomic E-state index is 0.0152. The molecule has 0 bridgehead atoms. The topological polar surface area (TPSA) is 67.4 Å². The van der Waals surface area contributed by atoms with E-state index in [9.17, 15) is 9.59 Å². The van der Waals surface area contributed by atoms with Gasteiger partial charge >= 0.3 is 12.0 Å². The number of urea groups is 1. The molecule has 1 heterocycles. The van der Waals surface area contributed by atoms with Crippen molar-refractivity contribution in [1.29, 1.82) is 0 Å². The lowest BCUT2D eigenvalue weighted by Crippen LogP contribution is -2.47. The minimum Gasteiger partial charge on any atom is -0.466 e. The Bertz CT molecular complexity index is 549. The number of benzene rings is 1. The fourth-order valence-corrected chi connectivity index (χ4v) is 2.27. The Morgan fingerprint density at radius 1 is 1.25 bits per heavy atom. The Kier molecular flexibility index (Phi) is 4.08. The maximum absolute atomic E-state index is 12.1. The highest BCUT2D eigenvalue weighted by Crippen LogP contribution is 2.30. The second kappa shape index (κ2) is 5.77. The second-order valence-corrected chi connectivity index (χ2v) is 4.92. The first-order valence-corrected chi connectivity index (χ1v) is 6.49. The van der Waals surface area contributed by atoms with Crippen molar-refractivity contribution in [3.63, 3.8) is 0 Å². The average molecular weight is 274 g/mol. The Labute approximate surface area is 118 Å². The summed E-state index contributed by atoms with van der Waals surface area (Å²) in [6.07, 6.45) is 0. The predicted octanol–water partition coefficient (Wildman–Crippen LogP) is 2.12. The minimum atomic E-state index is -0.491. The van der Waals surface area contributed by atoms with Gasteiger partial charge in [0.2, 0.25) is 0 Å². The van der Waals surface area contributed by atoms with Crippen LogP contribution in [0.3, 0.4) is 0 Å². The molecule has 1 aliphatic rings. The largest absolute Gasteiger partial charge is 0.466 e. The van der Waals surface area contributed by atoms with Crippen molar-refractivity contribution >= 4 is 12.0 Å². The van der Waals surface area contributed by atoms with Gasteiger partial charge in [0.25, 0.3) is 0 Å². The first kappa shape index (κ1) is 14.1. The molecular weight excluding hydrogens is 256 g/mol. The van der Waals surface area contributed by atoms with Crippen molar-refractivity contribution in [2.45, 2.75) is 19.9 Å². The Hall–Kier alpha value is -2.30. The molecule has 2 rings (SSSR count). The molecule has 0 aromatic heterocycles. The van der Waals surface area contributed by atoms with Crippen LogP contribution < -0.4 is 10.6 Å². The molecule has 0 radical (unpaired) electrons. The van der Waals surface area contributed by atoms with Gasteiger partial charge in [-0.1, -0.05) is 44.2 Å². The number of carbonyl (C=O) groups excluding carboxylic acids is 2. The van der Waals surface area contributed by atoms with Crippen molar-refractivity contribution in [1.82, 2.24) is 10.6 Å². The zero-order valence-corrected chi connectivity index (χ0v) is 11.8. The van der Waals surface area contributed by atoms with E-state index in [4.69, 9.17) is 4.74 Å². The molecule has 0 spiro atoms. The van der Waals surface area contributed by atoms with Crippen molar-refractivity contribution in [2.75, 3.05) is 7.11 Å². The van der Waals surface area contributed by atoms with E-state index >= 15 is 0 Å². The second-order valence-electron chi connectivity index (χ2n) is 4.92. The van der Waals surface area contributed by atoms with Crippen LogP contribution in [0.15, 0.2) is 41.6 Å². The average Bonchev–Trinajstić information content (AvgIpc) is 2.46. The fraction of sp³-hybridized carbons (Fsp3) is 0.333. The Morgan fingerprint density at radius 2 is 1.90 bits per heavy atom. The van der Waals surface area contributed by atoms with E-state index in [1.54, 1.807) is 0 Å². The summed E-state index contributed by atoms with van der Waals surface area (Å²) < 4.78 is 4.87. The summed E-state index contributed by atoms with van der Waals surface area (Å²) in [5, 5.41) is 5.48. The molecule has 2 amide bonds. The van der Waals surface area contributed by atoms with Gasteiger partial charge < -0.3 is 15.4 Å². The number of amides is 2. The standard InChI is InChI=1S/C15H18N2O3/c1-9(2)12-11(14(18)20-3)13(17-15(19)16-12)10-7-5-4-6-8-10/h4-9,13H,1-3H3,(H2,16,17,19). The summed E-state index contributed by atoms with van der Waals surface area (Å²) in [7, 11) is 1.34. The van der Waals surface area contributed by atoms with Crippen molar-refractivity contribution in [3.05, 3.63) is 47.2 Å².